The van der Waals surface area contributed by atoms with E-state index in [2.05, 4.69) is 62.8 Å². The summed E-state index contributed by atoms with van der Waals surface area (Å²) in [5.41, 5.74) is 12.8. The molecule has 0 aliphatic carbocycles. The van der Waals surface area contributed by atoms with Crippen molar-refractivity contribution in [2.24, 2.45) is 11.5 Å². The summed E-state index contributed by atoms with van der Waals surface area (Å²) >= 11 is 0. The van der Waals surface area contributed by atoms with E-state index in [9.17, 15) is 42.7 Å². The van der Waals surface area contributed by atoms with Gasteiger partial charge in [0.2, 0.25) is 20.1 Å². The average Bonchev–Trinajstić information content (AvgIpc) is 3.26. The fourth-order valence-electron chi connectivity index (χ4n) is 8.18. The van der Waals surface area contributed by atoms with Crippen LogP contribution in [0.2, 0.25) is 16.6 Å². The number of aliphatic hydroxyl groups excluding tert-OH is 1. The number of hydrogen-bond acceptors (Lipinski definition) is 10. The van der Waals surface area contributed by atoms with Crippen LogP contribution < -0.4 is 32.7 Å². The number of benzene rings is 4. The summed E-state index contributed by atoms with van der Waals surface area (Å²) < 4.78 is 45.6. The molecule has 0 fully saturated rings. The van der Waals surface area contributed by atoms with E-state index in [0.717, 1.165) is 17.7 Å². The largest absolute Gasteiger partial charge is 0.444 e. The van der Waals surface area contributed by atoms with Gasteiger partial charge in [0.25, 0.3) is 11.8 Å². The van der Waals surface area contributed by atoms with Crippen molar-refractivity contribution in [1.82, 2.24) is 10.6 Å². The number of primary amides is 2. The molecule has 0 heterocycles. The minimum absolute atomic E-state index is 0.0531. The predicted octanol–water partition coefficient (Wildman–Crippen LogP) is 9.53. The highest BCUT2D eigenvalue weighted by Crippen LogP contribution is 2.43. The zero-order valence-electron chi connectivity index (χ0n) is 43.3. The molecule has 4 aromatic rings. The lowest BCUT2D eigenvalue weighted by molar-refractivity contribution is -0.118. The van der Waals surface area contributed by atoms with Crippen molar-refractivity contribution in [2.45, 2.75) is 136 Å². The SMILES string of the molecule is CC(C)(C)OC(=O)NCC(C(=O)Nc1ccc(C(N)=O)c(F)c1)c1ccc(CO)cc1.CC(C)[Si](OCc1ccc(C(CNC(=O)OC(C)(C)C)C(=O)Nc2ccc(C(N)=O)c(F)c2)cc1)(C(C)C)C(C)C. The number of hydrogen-bond donors (Lipinski definition) is 7. The molecule has 9 N–H and O–H groups in total. The molecule has 0 aliphatic rings. The topological polar surface area (TPSA) is 250 Å². The van der Waals surface area contributed by atoms with Gasteiger partial charge < -0.3 is 51.7 Å². The monoisotopic (exact) mass is 1020 g/mol. The number of halogens is 2. The molecule has 2 unspecified atom stereocenters. The number of amides is 6. The lowest BCUT2D eigenvalue weighted by atomic mass is 9.96. The molecule has 0 saturated heterocycles. The Morgan fingerprint density at radius 3 is 1.21 bits per heavy atom. The first-order valence-corrected chi connectivity index (χ1v) is 25.8. The van der Waals surface area contributed by atoms with Gasteiger partial charge in [-0.2, -0.15) is 0 Å². The first-order valence-electron chi connectivity index (χ1n) is 23.6. The van der Waals surface area contributed by atoms with Gasteiger partial charge in [0, 0.05) is 24.5 Å². The second-order valence-corrected chi connectivity index (χ2v) is 25.7. The number of carbonyl (C=O) groups excluding carboxylic acids is 6. The predicted molar refractivity (Wildman–Crippen MR) is 276 cm³/mol. The summed E-state index contributed by atoms with van der Waals surface area (Å²) in [5, 5.41) is 19.7. The maximum Gasteiger partial charge on any atom is 0.407 e. The van der Waals surface area contributed by atoms with E-state index >= 15 is 0 Å². The van der Waals surface area contributed by atoms with Crippen LogP contribution in [0.5, 0.6) is 0 Å². The minimum atomic E-state index is -2.05. The van der Waals surface area contributed by atoms with Crippen LogP contribution in [-0.4, -0.2) is 73.5 Å². The number of nitrogens with one attached hydrogen (secondary N) is 4. The zero-order chi connectivity index (χ0) is 54.3. The van der Waals surface area contributed by atoms with E-state index in [4.69, 9.17) is 25.4 Å². The van der Waals surface area contributed by atoms with Gasteiger partial charge >= 0.3 is 12.2 Å². The Kier molecular flexibility index (Phi) is 21.6. The molecule has 4 rings (SSSR count). The summed E-state index contributed by atoms with van der Waals surface area (Å²) in [7, 11) is -2.05. The fourth-order valence-corrected chi connectivity index (χ4v) is 13.6. The van der Waals surface area contributed by atoms with Crippen molar-refractivity contribution in [2.75, 3.05) is 23.7 Å². The van der Waals surface area contributed by atoms with Crippen molar-refractivity contribution in [1.29, 1.82) is 0 Å². The van der Waals surface area contributed by atoms with E-state index in [0.29, 0.717) is 39.9 Å². The molecule has 6 amide bonds. The van der Waals surface area contributed by atoms with Crippen molar-refractivity contribution in [3.63, 3.8) is 0 Å². The van der Waals surface area contributed by atoms with Gasteiger partial charge in [-0.05, 0) is 117 Å². The fraction of sp³-hybridized carbons (Fsp3) is 0.434. The number of ether oxygens (including phenoxy) is 2. The number of nitrogens with two attached hydrogens (primary N) is 2. The Balaban J connectivity index is 0.000000395. The Labute approximate surface area is 422 Å². The zero-order valence-corrected chi connectivity index (χ0v) is 44.3. The highest BCUT2D eigenvalue weighted by molar-refractivity contribution is 6.77. The van der Waals surface area contributed by atoms with E-state index < -0.39 is 78.8 Å². The van der Waals surface area contributed by atoms with Gasteiger partial charge in [-0.25, -0.2) is 18.4 Å². The first kappa shape index (κ1) is 59.6. The van der Waals surface area contributed by atoms with Crippen LogP contribution in [0.4, 0.5) is 29.7 Å². The normalized spacial score (nSPS) is 12.5. The molecule has 0 aromatic heterocycles. The molecule has 2 atom stereocenters. The Morgan fingerprint density at radius 2 is 0.917 bits per heavy atom. The third kappa shape index (κ3) is 17.9. The van der Waals surface area contributed by atoms with E-state index in [-0.39, 0.29) is 42.2 Å². The molecule has 392 valence electrons. The van der Waals surface area contributed by atoms with Gasteiger partial charge in [0.15, 0.2) is 0 Å². The lowest BCUT2D eigenvalue weighted by Crippen LogP contribution is -2.47. The van der Waals surface area contributed by atoms with Gasteiger partial charge in [0.1, 0.15) is 22.8 Å². The molecule has 0 aliphatic heterocycles. The number of aliphatic hydroxyl groups is 1. The smallest absolute Gasteiger partial charge is 0.407 e. The highest BCUT2D eigenvalue weighted by Gasteiger charge is 2.45. The number of anilines is 2. The molecule has 72 heavy (non-hydrogen) atoms. The Morgan fingerprint density at radius 1 is 0.569 bits per heavy atom. The van der Waals surface area contributed by atoms with Gasteiger partial charge in [-0.3, -0.25) is 19.2 Å². The summed E-state index contributed by atoms with van der Waals surface area (Å²) in [5.74, 6) is -6.15. The number of alkyl carbamates (subject to hydrolysis) is 2. The van der Waals surface area contributed by atoms with Gasteiger partial charge in [-0.1, -0.05) is 90.1 Å². The third-order valence-electron chi connectivity index (χ3n) is 11.5. The Hall–Kier alpha value is -6.70. The second-order valence-electron chi connectivity index (χ2n) is 20.2. The molecule has 16 nitrogen and oxygen atoms in total. The van der Waals surface area contributed by atoms with Crippen LogP contribution in [-0.2, 0) is 36.7 Å². The standard InChI is InChI=1S/C31H46FN3O5Si.C22H26FN3O5/c1-19(2)41(20(3)4,21(5)6)39-18-22-10-12-23(13-11-22)26(17-34-30(38)40-31(7,8)9)29(37)35-24-14-15-25(28(33)36)27(32)16-24;1-22(2,3)31-21(30)25-11-17(14-6-4-13(12-27)5-7-14)20(29)26-15-8-9-16(19(24)28)18(23)10-15/h10-16,19-21,26H,17-18H2,1-9H3,(H2,33,36)(H,34,38)(H,35,37);4-10,17,27H,11-12H2,1-3H3,(H2,24,28)(H,25,30)(H,26,29). The van der Waals surface area contributed by atoms with Crippen LogP contribution in [0.25, 0.3) is 0 Å². The first-order chi connectivity index (χ1) is 33.5. The van der Waals surface area contributed by atoms with Gasteiger partial charge in [-0.15, -0.1) is 0 Å². The third-order valence-corrected chi connectivity index (χ3v) is 17.5. The van der Waals surface area contributed by atoms with Gasteiger partial charge in [0.05, 0.1) is 36.2 Å². The minimum Gasteiger partial charge on any atom is -0.444 e. The highest BCUT2D eigenvalue weighted by atomic mass is 28.4. The number of rotatable bonds is 19. The van der Waals surface area contributed by atoms with Crippen LogP contribution in [0, 0.1) is 11.6 Å². The number of carbonyl (C=O) groups is 6. The molecule has 0 radical (unpaired) electrons. The van der Waals surface area contributed by atoms with Crippen LogP contribution >= 0.6 is 0 Å². The quantitative estimate of drug-likeness (QED) is 0.0438. The summed E-state index contributed by atoms with van der Waals surface area (Å²) in [6, 6.07) is 21.3. The second kappa shape index (κ2) is 26.1. The molecular weight excluding hydrogens is 947 g/mol. The molecule has 0 bridgehead atoms. The maximum atomic E-state index is 14.3. The van der Waals surface area contributed by atoms with Crippen LogP contribution in [0.3, 0.4) is 0 Å². The van der Waals surface area contributed by atoms with E-state index in [1.54, 1.807) is 65.8 Å². The molecule has 0 spiro atoms. The lowest BCUT2D eigenvalue weighted by Gasteiger charge is -2.42. The van der Waals surface area contributed by atoms with Crippen molar-refractivity contribution in [3.05, 3.63) is 130 Å². The molecule has 0 saturated carbocycles. The molecule has 19 heteroatoms. The molecular formula is C53H72F2N6O10Si. The summed E-state index contributed by atoms with van der Waals surface area (Å²) in [6.45, 7) is 24.0. The van der Waals surface area contributed by atoms with Crippen LogP contribution in [0.1, 0.15) is 138 Å². The summed E-state index contributed by atoms with van der Waals surface area (Å²) in [4.78, 5) is 73.2. The Bertz CT molecular complexity index is 2490. The van der Waals surface area contributed by atoms with Crippen molar-refractivity contribution >= 4 is 55.5 Å². The van der Waals surface area contributed by atoms with Crippen LogP contribution in [0.15, 0.2) is 84.9 Å². The molecule has 4 aromatic carbocycles. The average molecular weight is 1020 g/mol. The summed E-state index contributed by atoms with van der Waals surface area (Å²) in [6.07, 6.45) is -1.34. The maximum absolute atomic E-state index is 14.3. The van der Waals surface area contributed by atoms with E-state index in [1.165, 1.54) is 24.3 Å². The van der Waals surface area contributed by atoms with Crippen molar-refractivity contribution in [3.8, 4) is 0 Å². The van der Waals surface area contributed by atoms with Crippen molar-refractivity contribution < 1.29 is 56.6 Å². The van der Waals surface area contributed by atoms with E-state index in [1.807, 2.05) is 24.3 Å².